The minimum absolute atomic E-state index is 0.157. The molecule has 1 saturated heterocycles. The number of phenolic OH excluding ortho intramolecular Hbond substituents is 1. The molecule has 5 nitrogen and oxygen atoms in total. The van der Waals surface area contributed by atoms with Crippen molar-refractivity contribution in [3.05, 3.63) is 64.7 Å². The summed E-state index contributed by atoms with van der Waals surface area (Å²) < 4.78 is 0. The van der Waals surface area contributed by atoms with Crippen molar-refractivity contribution in [1.82, 2.24) is 9.80 Å². The molecule has 150 valence electrons. The molecule has 0 saturated carbocycles. The van der Waals surface area contributed by atoms with Crippen LogP contribution in [0.15, 0.2) is 42.5 Å². The van der Waals surface area contributed by atoms with Crippen LogP contribution in [0.2, 0.25) is 0 Å². The lowest BCUT2D eigenvalue weighted by atomic mass is 9.79. The predicted octanol–water partition coefficient (Wildman–Crippen LogP) is 3.57. The van der Waals surface area contributed by atoms with Gasteiger partial charge in [-0.15, -0.1) is 0 Å². The van der Waals surface area contributed by atoms with Gasteiger partial charge >= 0.3 is 0 Å². The molecule has 2 heterocycles. The number of likely N-dealkylation sites (tertiary alicyclic amines) is 1. The molecule has 1 aliphatic carbocycles. The van der Waals surface area contributed by atoms with E-state index >= 15 is 0 Å². The number of rotatable bonds is 5. The SMILES string of the molecule is O=C1c2ccccc2C(=O)N1CCCCN1CC[C@H]2c3cccc(O)c3CC[C@H]21. The van der Waals surface area contributed by atoms with E-state index in [1.807, 2.05) is 6.07 Å². The third kappa shape index (κ3) is 3.04. The summed E-state index contributed by atoms with van der Waals surface area (Å²) in [6, 6.07) is 13.6. The Bertz CT molecular complexity index is 935. The third-order valence-corrected chi connectivity index (χ3v) is 6.89. The first kappa shape index (κ1) is 18.4. The van der Waals surface area contributed by atoms with Gasteiger partial charge in [-0.1, -0.05) is 24.3 Å². The number of aromatic hydroxyl groups is 1. The van der Waals surface area contributed by atoms with Crippen molar-refractivity contribution in [2.45, 2.75) is 44.1 Å². The number of hydrogen-bond donors (Lipinski definition) is 1. The highest BCUT2D eigenvalue weighted by Gasteiger charge is 2.39. The van der Waals surface area contributed by atoms with Crippen LogP contribution < -0.4 is 0 Å². The van der Waals surface area contributed by atoms with Crippen LogP contribution in [0, 0.1) is 0 Å². The largest absolute Gasteiger partial charge is 0.508 e. The van der Waals surface area contributed by atoms with E-state index < -0.39 is 0 Å². The molecular weight excluding hydrogens is 364 g/mol. The van der Waals surface area contributed by atoms with Crippen LogP contribution in [0.3, 0.4) is 0 Å². The fourth-order valence-electron chi connectivity index (χ4n) is 5.47. The Morgan fingerprint density at radius 2 is 1.62 bits per heavy atom. The lowest BCUT2D eigenvalue weighted by Gasteiger charge is -2.33. The summed E-state index contributed by atoms with van der Waals surface area (Å²) in [5.74, 6) is 0.647. The van der Waals surface area contributed by atoms with E-state index in [9.17, 15) is 14.7 Å². The Hall–Kier alpha value is -2.66. The number of carbonyl (C=O) groups is 2. The number of phenols is 1. The van der Waals surface area contributed by atoms with Crippen molar-refractivity contribution in [3.8, 4) is 5.75 Å². The van der Waals surface area contributed by atoms with Crippen molar-refractivity contribution in [2.75, 3.05) is 19.6 Å². The Morgan fingerprint density at radius 1 is 0.897 bits per heavy atom. The van der Waals surface area contributed by atoms with Gasteiger partial charge in [0.1, 0.15) is 5.75 Å². The lowest BCUT2D eigenvalue weighted by molar-refractivity contribution is 0.0650. The van der Waals surface area contributed by atoms with Crippen LogP contribution in [0.25, 0.3) is 0 Å². The fraction of sp³-hybridized carbons (Fsp3) is 0.417. The number of fused-ring (bicyclic) bond motifs is 4. The maximum atomic E-state index is 12.5. The van der Waals surface area contributed by atoms with Crippen molar-refractivity contribution in [2.24, 2.45) is 0 Å². The Labute approximate surface area is 170 Å². The summed E-state index contributed by atoms with van der Waals surface area (Å²) in [5, 5.41) is 10.2. The van der Waals surface area contributed by atoms with E-state index in [-0.39, 0.29) is 11.8 Å². The molecule has 3 aliphatic rings. The average Bonchev–Trinajstić information content (AvgIpc) is 3.26. The van der Waals surface area contributed by atoms with Crippen molar-refractivity contribution >= 4 is 11.8 Å². The van der Waals surface area contributed by atoms with Crippen molar-refractivity contribution in [3.63, 3.8) is 0 Å². The number of imide groups is 1. The van der Waals surface area contributed by atoms with Gasteiger partial charge < -0.3 is 5.11 Å². The lowest BCUT2D eigenvalue weighted by Crippen LogP contribution is -2.36. The first-order valence-electron chi connectivity index (χ1n) is 10.6. The number of hydrogen-bond acceptors (Lipinski definition) is 4. The highest BCUT2D eigenvalue weighted by Crippen LogP contribution is 2.43. The van der Waals surface area contributed by atoms with Crippen LogP contribution in [0.4, 0.5) is 0 Å². The standard InChI is InChI=1S/C24H26N2O3/c27-22-9-5-8-16-17-12-15-25(21(17)11-10-18(16)22)13-3-4-14-26-23(28)19-6-1-2-7-20(19)24(26)29/h1-2,5-9,17,21,27H,3-4,10-15H2/t17-,21+/m0/s1. The average molecular weight is 390 g/mol. The quantitative estimate of drug-likeness (QED) is 0.626. The van der Waals surface area contributed by atoms with Crippen molar-refractivity contribution < 1.29 is 14.7 Å². The molecule has 5 rings (SSSR count). The van der Waals surface area contributed by atoms with E-state index in [0.717, 1.165) is 50.8 Å². The molecule has 2 aromatic carbocycles. The summed E-state index contributed by atoms with van der Waals surface area (Å²) in [5.41, 5.74) is 3.53. The van der Waals surface area contributed by atoms with Crippen LogP contribution in [0.1, 0.15) is 63.4 Å². The minimum atomic E-state index is -0.157. The molecular formula is C24H26N2O3. The maximum absolute atomic E-state index is 12.5. The van der Waals surface area contributed by atoms with E-state index in [0.29, 0.717) is 35.4 Å². The number of benzene rings is 2. The smallest absolute Gasteiger partial charge is 0.261 e. The predicted molar refractivity (Wildman–Crippen MR) is 110 cm³/mol. The zero-order chi connectivity index (χ0) is 20.0. The first-order valence-corrected chi connectivity index (χ1v) is 10.6. The molecule has 2 atom stereocenters. The monoisotopic (exact) mass is 390 g/mol. The highest BCUT2D eigenvalue weighted by molar-refractivity contribution is 6.21. The molecule has 1 N–H and O–H groups in total. The van der Waals surface area contributed by atoms with E-state index in [2.05, 4.69) is 11.0 Å². The van der Waals surface area contributed by atoms with Gasteiger partial charge in [0.05, 0.1) is 11.1 Å². The number of carbonyl (C=O) groups excluding carboxylic acids is 2. The van der Waals surface area contributed by atoms with E-state index in [4.69, 9.17) is 0 Å². The van der Waals surface area contributed by atoms with Gasteiger partial charge in [0.2, 0.25) is 0 Å². The first-order chi connectivity index (χ1) is 14.1. The fourth-order valence-corrected chi connectivity index (χ4v) is 5.47. The Balaban J connectivity index is 1.16. The molecule has 0 aromatic heterocycles. The molecule has 2 amide bonds. The molecule has 0 bridgehead atoms. The summed E-state index contributed by atoms with van der Waals surface area (Å²) >= 11 is 0. The summed E-state index contributed by atoms with van der Waals surface area (Å²) in [6.45, 7) is 2.57. The zero-order valence-electron chi connectivity index (χ0n) is 16.5. The van der Waals surface area contributed by atoms with Crippen LogP contribution >= 0.6 is 0 Å². The van der Waals surface area contributed by atoms with Gasteiger partial charge in [0.25, 0.3) is 11.8 Å². The molecule has 2 aliphatic heterocycles. The van der Waals surface area contributed by atoms with Gasteiger partial charge in [0, 0.05) is 18.5 Å². The van der Waals surface area contributed by atoms with Gasteiger partial charge in [-0.2, -0.15) is 0 Å². The Kier molecular flexibility index (Phi) is 4.63. The highest BCUT2D eigenvalue weighted by atomic mass is 16.3. The molecule has 1 fully saturated rings. The molecule has 0 unspecified atom stereocenters. The van der Waals surface area contributed by atoms with Crippen LogP contribution in [-0.4, -0.2) is 52.4 Å². The summed E-state index contributed by atoms with van der Waals surface area (Å²) in [4.78, 5) is 28.9. The number of unbranched alkanes of at least 4 members (excludes halogenated alkanes) is 1. The summed E-state index contributed by atoms with van der Waals surface area (Å²) in [7, 11) is 0. The Morgan fingerprint density at radius 3 is 2.38 bits per heavy atom. The van der Waals surface area contributed by atoms with Crippen LogP contribution in [0.5, 0.6) is 5.75 Å². The number of amides is 2. The molecule has 0 spiro atoms. The van der Waals surface area contributed by atoms with E-state index in [1.54, 1.807) is 30.3 Å². The van der Waals surface area contributed by atoms with Crippen molar-refractivity contribution in [1.29, 1.82) is 0 Å². The molecule has 2 aromatic rings. The van der Waals surface area contributed by atoms with Gasteiger partial charge in [-0.05, 0) is 74.5 Å². The second-order valence-corrected chi connectivity index (χ2v) is 8.40. The van der Waals surface area contributed by atoms with Gasteiger partial charge in [-0.3, -0.25) is 19.4 Å². The number of nitrogens with zero attached hydrogens (tertiary/aromatic N) is 2. The summed E-state index contributed by atoms with van der Waals surface area (Å²) in [6.07, 6.45) is 4.97. The second-order valence-electron chi connectivity index (χ2n) is 8.40. The maximum Gasteiger partial charge on any atom is 0.261 e. The molecule has 5 heteroatoms. The second kappa shape index (κ2) is 7.30. The third-order valence-electron chi connectivity index (χ3n) is 6.89. The normalized spacial score (nSPS) is 23.2. The topological polar surface area (TPSA) is 60.9 Å². The molecule has 29 heavy (non-hydrogen) atoms. The minimum Gasteiger partial charge on any atom is -0.508 e. The van der Waals surface area contributed by atoms with Gasteiger partial charge in [0.15, 0.2) is 0 Å². The van der Waals surface area contributed by atoms with Gasteiger partial charge in [-0.25, -0.2) is 0 Å². The molecule has 0 radical (unpaired) electrons. The van der Waals surface area contributed by atoms with E-state index in [1.165, 1.54) is 10.5 Å². The zero-order valence-corrected chi connectivity index (χ0v) is 16.5. The van der Waals surface area contributed by atoms with Crippen LogP contribution in [-0.2, 0) is 6.42 Å².